The minimum Gasteiger partial charge on any atom is -0.477 e. The SMILES string of the molecule is CC(C)[C@H]1COC([C@@H]2Cc3ccccc3N2P(c2ccccc2)c2ccccc2)=N1. The van der Waals surface area contributed by atoms with Crippen LogP contribution in [0.2, 0.25) is 0 Å². The van der Waals surface area contributed by atoms with Crippen molar-refractivity contribution in [2.45, 2.75) is 32.4 Å². The van der Waals surface area contributed by atoms with Gasteiger partial charge in [0, 0.05) is 22.7 Å². The standard InChI is InChI=1S/C26H27N2OP/c1-19(2)23-18-29-26(27-23)25-17-20-11-9-10-16-24(20)28(25)30(21-12-5-3-6-13-21)22-14-7-4-8-15-22/h3-16,19,23,25H,17-18H2,1-2H3/t23-,25+/m1/s1. The van der Waals surface area contributed by atoms with Gasteiger partial charge in [0.1, 0.15) is 12.6 Å². The molecule has 0 bridgehead atoms. The molecule has 4 heteroatoms. The summed E-state index contributed by atoms with van der Waals surface area (Å²) in [4.78, 5) is 5.04. The lowest BCUT2D eigenvalue weighted by atomic mass is 10.1. The molecule has 5 rings (SSSR count). The Hall–Kier alpha value is -2.64. The predicted molar refractivity (Wildman–Crippen MR) is 127 cm³/mol. The number of para-hydroxylation sites is 1. The second-order valence-electron chi connectivity index (χ2n) is 8.27. The largest absolute Gasteiger partial charge is 0.477 e. The normalized spacial score (nSPS) is 20.4. The molecule has 3 nitrogen and oxygen atoms in total. The first-order valence-corrected chi connectivity index (χ1v) is 12.0. The molecule has 2 aliphatic heterocycles. The van der Waals surface area contributed by atoms with Crippen molar-refractivity contribution in [3.05, 3.63) is 90.5 Å². The highest BCUT2D eigenvalue weighted by Crippen LogP contribution is 2.50. The minimum atomic E-state index is -0.751. The lowest BCUT2D eigenvalue weighted by molar-refractivity contribution is 0.283. The lowest BCUT2D eigenvalue weighted by Gasteiger charge is -2.35. The molecule has 30 heavy (non-hydrogen) atoms. The van der Waals surface area contributed by atoms with E-state index in [0.717, 1.165) is 12.3 Å². The van der Waals surface area contributed by atoms with Gasteiger partial charge in [-0.3, -0.25) is 0 Å². The smallest absolute Gasteiger partial charge is 0.207 e. The lowest BCUT2D eigenvalue weighted by Crippen LogP contribution is -2.40. The highest BCUT2D eigenvalue weighted by molar-refractivity contribution is 7.74. The number of fused-ring (bicyclic) bond motifs is 1. The van der Waals surface area contributed by atoms with E-state index in [9.17, 15) is 0 Å². The number of hydrogen-bond acceptors (Lipinski definition) is 3. The fourth-order valence-corrected chi connectivity index (χ4v) is 6.85. The zero-order chi connectivity index (χ0) is 20.5. The molecule has 0 aromatic heterocycles. The third-order valence-electron chi connectivity index (χ3n) is 5.91. The fourth-order valence-electron chi connectivity index (χ4n) is 4.28. The molecule has 2 heterocycles. The fraction of sp³-hybridized carbons (Fsp3) is 0.269. The van der Waals surface area contributed by atoms with Crippen molar-refractivity contribution in [3.8, 4) is 0 Å². The van der Waals surface area contributed by atoms with Crippen LogP contribution in [-0.4, -0.2) is 24.6 Å². The molecule has 3 aromatic rings. The number of ether oxygens (including phenoxy) is 1. The molecule has 0 fully saturated rings. The van der Waals surface area contributed by atoms with Crippen LogP contribution in [0.15, 0.2) is 89.9 Å². The van der Waals surface area contributed by atoms with Crippen molar-refractivity contribution in [1.29, 1.82) is 0 Å². The maximum atomic E-state index is 6.21. The summed E-state index contributed by atoms with van der Waals surface area (Å²) in [5, 5.41) is 2.69. The van der Waals surface area contributed by atoms with E-state index in [4.69, 9.17) is 9.73 Å². The third-order valence-corrected chi connectivity index (χ3v) is 8.41. The Kier molecular flexibility index (Phi) is 5.31. The van der Waals surface area contributed by atoms with Crippen LogP contribution in [0.3, 0.4) is 0 Å². The zero-order valence-corrected chi connectivity index (χ0v) is 18.4. The van der Waals surface area contributed by atoms with E-state index in [1.54, 1.807) is 0 Å². The zero-order valence-electron chi connectivity index (χ0n) is 17.5. The molecule has 0 spiro atoms. The summed E-state index contributed by atoms with van der Waals surface area (Å²) in [6.07, 6.45) is 0.943. The Morgan fingerprint density at radius 1 is 0.867 bits per heavy atom. The first kappa shape index (κ1) is 19.3. The van der Waals surface area contributed by atoms with E-state index in [0.29, 0.717) is 12.5 Å². The van der Waals surface area contributed by atoms with E-state index < -0.39 is 8.07 Å². The van der Waals surface area contributed by atoms with Crippen molar-refractivity contribution in [3.63, 3.8) is 0 Å². The van der Waals surface area contributed by atoms with Crippen molar-refractivity contribution in [1.82, 2.24) is 0 Å². The average Bonchev–Trinajstić information content (AvgIpc) is 3.41. The van der Waals surface area contributed by atoms with Gasteiger partial charge in [-0.15, -0.1) is 0 Å². The van der Waals surface area contributed by atoms with Crippen molar-refractivity contribution in [2.24, 2.45) is 10.9 Å². The van der Waals surface area contributed by atoms with Gasteiger partial charge in [0.05, 0.1) is 14.1 Å². The Bertz CT molecular complexity index is 996. The van der Waals surface area contributed by atoms with E-state index >= 15 is 0 Å². The Morgan fingerprint density at radius 2 is 1.47 bits per heavy atom. The van der Waals surface area contributed by atoms with Crippen LogP contribution in [0.5, 0.6) is 0 Å². The Morgan fingerprint density at radius 3 is 2.07 bits per heavy atom. The Labute approximate surface area is 180 Å². The molecule has 0 aliphatic carbocycles. The van der Waals surface area contributed by atoms with Gasteiger partial charge in [-0.2, -0.15) is 0 Å². The van der Waals surface area contributed by atoms with Crippen LogP contribution in [0.4, 0.5) is 5.69 Å². The average molecular weight is 414 g/mol. The van der Waals surface area contributed by atoms with Gasteiger partial charge in [-0.25, -0.2) is 4.99 Å². The van der Waals surface area contributed by atoms with Gasteiger partial charge in [0.2, 0.25) is 5.90 Å². The number of rotatable bonds is 5. The second-order valence-corrected chi connectivity index (χ2v) is 10.4. The van der Waals surface area contributed by atoms with Gasteiger partial charge >= 0.3 is 0 Å². The van der Waals surface area contributed by atoms with Gasteiger partial charge in [-0.05, 0) is 17.5 Å². The molecule has 3 aromatic carbocycles. The van der Waals surface area contributed by atoms with Crippen molar-refractivity contribution in [2.75, 3.05) is 11.3 Å². The summed E-state index contributed by atoms with van der Waals surface area (Å²) >= 11 is 0. The molecule has 0 unspecified atom stereocenters. The van der Waals surface area contributed by atoms with Gasteiger partial charge in [-0.1, -0.05) is 92.7 Å². The summed E-state index contributed by atoms with van der Waals surface area (Å²) < 4.78 is 8.81. The maximum Gasteiger partial charge on any atom is 0.207 e. The first-order valence-electron chi connectivity index (χ1n) is 10.7. The molecule has 152 valence electrons. The van der Waals surface area contributed by atoms with Gasteiger partial charge < -0.3 is 9.41 Å². The van der Waals surface area contributed by atoms with Crippen LogP contribution in [0.25, 0.3) is 0 Å². The van der Waals surface area contributed by atoms with Crippen molar-refractivity contribution >= 4 is 30.3 Å². The third kappa shape index (κ3) is 3.52. The molecule has 0 N–H and O–H groups in total. The van der Waals surface area contributed by atoms with Crippen LogP contribution in [0.1, 0.15) is 19.4 Å². The summed E-state index contributed by atoms with van der Waals surface area (Å²) in [6.45, 7) is 5.15. The van der Waals surface area contributed by atoms with E-state index in [1.807, 2.05) is 0 Å². The molecular weight excluding hydrogens is 387 g/mol. The molecule has 0 saturated carbocycles. The number of anilines is 1. The van der Waals surface area contributed by atoms with Gasteiger partial charge in [0.15, 0.2) is 0 Å². The quantitative estimate of drug-likeness (QED) is 0.554. The maximum absolute atomic E-state index is 6.21. The molecule has 0 amide bonds. The van der Waals surface area contributed by atoms with Crippen LogP contribution in [-0.2, 0) is 11.2 Å². The highest BCUT2D eigenvalue weighted by Gasteiger charge is 2.41. The number of nitrogens with zero attached hydrogens (tertiary/aromatic N) is 2. The molecular formula is C26H27N2OP. The van der Waals surface area contributed by atoms with Crippen molar-refractivity contribution < 1.29 is 4.74 Å². The molecule has 2 atom stereocenters. The van der Waals surface area contributed by atoms with E-state index in [2.05, 4.69) is 103 Å². The molecule has 0 radical (unpaired) electrons. The Balaban J connectivity index is 1.64. The summed E-state index contributed by atoms with van der Waals surface area (Å²) in [5.41, 5.74) is 2.68. The number of aliphatic imine (C=N–C) groups is 1. The molecule has 2 aliphatic rings. The minimum absolute atomic E-state index is 0.137. The summed E-state index contributed by atoms with van der Waals surface area (Å²) in [7, 11) is -0.751. The number of benzene rings is 3. The van der Waals surface area contributed by atoms with E-state index in [1.165, 1.54) is 21.9 Å². The molecule has 0 saturated heterocycles. The monoisotopic (exact) mass is 414 g/mol. The number of hydrogen-bond donors (Lipinski definition) is 0. The van der Waals surface area contributed by atoms with Crippen LogP contribution >= 0.6 is 8.07 Å². The van der Waals surface area contributed by atoms with Crippen LogP contribution < -0.4 is 15.3 Å². The topological polar surface area (TPSA) is 24.8 Å². The second kappa shape index (κ2) is 8.24. The highest BCUT2D eigenvalue weighted by atomic mass is 31.1. The predicted octanol–water partition coefficient (Wildman–Crippen LogP) is 4.92. The van der Waals surface area contributed by atoms with E-state index in [-0.39, 0.29) is 12.1 Å². The van der Waals surface area contributed by atoms with Gasteiger partial charge in [0.25, 0.3) is 0 Å². The summed E-state index contributed by atoms with van der Waals surface area (Å²) in [5.74, 6) is 1.40. The summed E-state index contributed by atoms with van der Waals surface area (Å²) in [6, 6.07) is 31.0. The first-order chi connectivity index (χ1) is 14.7. The van der Waals surface area contributed by atoms with Crippen LogP contribution in [0, 0.1) is 5.92 Å².